The van der Waals surface area contributed by atoms with E-state index in [0.717, 1.165) is 12.2 Å². The van der Waals surface area contributed by atoms with E-state index in [1.54, 1.807) is 0 Å². The molecular formula is C16H23N3. The van der Waals surface area contributed by atoms with Crippen molar-refractivity contribution >= 4 is 0 Å². The fourth-order valence-corrected chi connectivity index (χ4v) is 2.28. The van der Waals surface area contributed by atoms with Crippen LogP contribution < -0.4 is 0 Å². The predicted molar refractivity (Wildman–Crippen MR) is 78.5 cm³/mol. The minimum absolute atomic E-state index is 0.512. The minimum atomic E-state index is 0.512. The van der Waals surface area contributed by atoms with Crippen LogP contribution in [0.5, 0.6) is 0 Å². The average Bonchev–Trinajstić information content (AvgIpc) is 2.70. The zero-order valence-corrected chi connectivity index (χ0v) is 12.5. The molecule has 3 heteroatoms. The number of hydrogen-bond donors (Lipinski definition) is 0. The van der Waals surface area contributed by atoms with E-state index < -0.39 is 0 Å². The molecule has 2 rings (SSSR count). The normalized spacial score (nSPS) is 11.5. The summed E-state index contributed by atoms with van der Waals surface area (Å²) in [6, 6.07) is 2.23. The summed E-state index contributed by atoms with van der Waals surface area (Å²) in [4.78, 5) is 4.33. The van der Waals surface area contributed by atoms with Gasteiger partial charge in [-0.15, -0.1) is 0 Å². The summed E-state index contributed by atoms with van der Waals surface area (Å²) in [5.74, 6) is 1.03. The third kappa shape index (κ3) is 3.22. The molecule has 102 valence electrons. The van der Waals surface area contributed by atoms with Gasteiger partial charge in [0.05, 0.1) is 12.2 Å². The Balaban J connectivity index is 2.21. The van der Waals surface area contributed by atoms with Crippen LogP contribution in [0, 0.1) is 6.92 Å². The fraction of sp³-hybridized carbons (Fsp3) is 0.500. The van der Waals surface area contributed by atoms with Gasteiger partial charge in [0.15, 0.2) is 0 Å². The maximum atomic E-state index is 4.59. The summed E-state index contributed by atoms with van der Waals surface area (Å²) in [5.41, 5.74) is 4.95. The second kappa shape index (κ2) is 5.55. The van der Waals surface area contributed by atoms with E-state index in [1.165, 1.54) is 16.7 Å². The Morgan fingerprint density at radius 2 is 1.84 bits per heavy atom. The number of nitrogens with zero attached hydrogens (tertiary/aromatic N) is 3. The lowest BCUT2D eigenvalue weighted by atomic mass is 10.0. The van der Waals surface area contributed by atoms with E-state index in [-0.39, 0.29) is 0 Å². The fourth-order valence-electron chi connectivity index (χ4n) is 2.28. The van der Waals surface area contributed by atoms with Crippen LogP contribution in [-0.4, -0.2) is 14.8 Å². The Morgan fingerprint density at radius 1 is 1.11 bits per heavy atom. The van der Waals surface area contributed by atoms with E-state index in [4.69, 9.17) is 0 Å². The van der Waals surface area contributed by atoms with Crippen LogP contribution in [0.2, 0.25) is 0 Å². The van der Waals surface area contributed by atoms with E-state index in [1.807, 2.05) is 17.1 Å². The van der Waals surface area contributed by atoms with Crippen molar-refractivity contribution in [2.75, 3.05) is 0 Å². The second-order valence-electron chi connectivity index (χ2n) is 5.80. The van der Waals surface area contributed by atoms with Crippen molar-refractivity contribution in [3.63, 3.8) is 0 Å². The zero-order valence-electron chi connectivity index (χ0n) is 12.5. The summed E-state index contributed by atoms with van der Waals surface area (Å²) in [6.45, 7) is 11.7. The Labute approximate surface area is 115 Å². The number of hydrogen-bond acceptors (Lipinski definition) is 2. The molecule has 0 saturated carbocycles. The van der Waals surface area contributed by atoms with Crippen LogP contribution in [0.1, 0.15) is 61.9 Å². The first kappa shape index (κ1) is 13.8. The summed E-state index contributed by atoms with van der Waals surface area (Å²) >= 11 is 0. The second-order valence-corrected chi connectivity index (χ2v) is 5.80. The highest BCUT2D eigenvalue weighted by molar-refractivity contribution is 5.23. The van der Waals surface area contributed by atoms with Gasteiger partial charge < -0.3 is 0 Å². The smallest absolute Gasteiger partial charge is 0.0674 e. The third-order valence-corrected chi connectivity index (χ3v) is 3.43. The molecule has 19 heavy (non-hydrogen) atoms. The van der Waals surface area contributed by atoms with E-state index in [9.17, 15) is 0 Å². The first-order valence-corrected chi connectivity index (χ1v) is 6.95. The van der Waals surface area contributed by atoms with Crippen LogP contribution in [0.25, 0.3) is 0 Å². The standard InChI is InChI=1S/C16H23N3/c1-11(2)15-6-14(7-17-8-15)9-19-10-16(12(3)4)13(5)18-19/h6-8,10-12H,9H2,1-5H3. The van der Waals surface area contributed by atoms with E-state index >= 15 is 0 Å². The van der Waals surface area contributed by atoms with Gasteiger partial charge in [-0.3, -0.25) is 9.67 Å². The lowest BCUT2D eigenvalue weighted by Crippen LogP contribution is -2.02. The lowest BCUT2D eigenvalue weighted by Gasteiger charge is -2.07. The number of aryl methyl sites for hydroxylation is 1. The Morgan fingerprint density at radius 3 is 2.42 bits per heavy atom. The van der Waals surface area contributed by atoms with Gasteiger partial charge in [-0.25, -0.2) is 0 Å². The molecule has 2 aromatic rings. The molecule has 0 aromatic carbocycles. The number of aromatic nitrogens is 3. The quantitative estimate of drug-likeness (QED) is 0.832. The first-order chi connectivity index (χ1) is 8.97. The van der Waals surface area contributed by atoms with Crippen molar-refractivity contribution < 1.29 is 0 Å². The highest BCUT2D eigenvalue weighted by atomic mass is 15.3. The van der Waals surface area contributed by atoms with Gasteiger partial charge in [0, 0.05) is 18.6 Å². The maximum Gasteiger partial charge on any atom is 0.0674 e. The van der Waals surface area contributed by atoms with Gasteiger partial charge in [0.2, 0.25) is 0 Å². The van der Waals surface area contributed by atoms with Crippen LogP contribution in [0.15, 0.2) is 24.7 Å². The summed E-state index contributed by atoms with van der Waals surface area (Å²) in [6.07, 6.45) is 6.03. The molecule has 0 unspecified atom stereocenters. The summed E-state index contributed by atoms with van der Waals surface area (Å²) in [5, 5.41) is 4.59. The molecule has 2 aromatic heterocycles. The van der Waals surface area contributed by atoms with E-state index in [2.05, 4.69) is 57.0 Å². The number of rotatable bonds is 4. The molecule has 0 aliphatic carbocycles. The largest absolute Gasteiger partial charge is 0.268 e. The Kier molecular flexibility index (Phi) is 4.03. The maximum absolute atomic E-state index is 4.59. The van der Waals surface area contributed by atoms with E-state index in [0.29, 0.717) is 11.8 Å². The molecule has 0 bridgehead atoms. The van der Waals surface area contributed by atoms with Crippen LogP contribution >= 0.6 is 0 Å². The van der Waals surface area contributed by atoms with Crippen LogP contribution in [0.4, 0.5) is 0 Å². The Hall–Kier alpha value is -1.64. The predicted octanol–water partition coefficient (Wildman–Crippen LogP) is 3.88. The third-order valence-electron chi connectivity index (χ3n) is 3.43. The van der Waals surface area contributed by atoms with Crippen molar-refractivity contribution in [1.29, 1.82) is 0 Å². The molecule has 0 amide bonds. The molecule has 0 aliphatic rings. The van der Waals surface area contributed by atoms with Gasteiger partial charge >= 0.3 is 0 Å². The molecule has 3 nitrogen and oxygen atoms in total. The Bertz CT molecular complexity index is 553. The van der Waals surface area contributed by atoms with Crippen molar-refractivity contribution in [1.82, 2.24) is 14.8 Å². The van der Waals surface area contributed by atoms with Crippen molar-refractivity contribution in [3.8, 4) is 0 Å². The molecule has 0 aliphatic heterocycles. The van der Waals surface area contributed by atoms with Crippen LogP contribution in [-0.2, 0) is 6.54 Å². The molecule has 0 spiro atoms. The van der Waals surface area contributed by atoms with Crippen molar-refractivity contribution in [2.45, 2.75) is 53.0 Å². The molecular weight excluding hydrogens is 234 g/mol. The molecule has 0 N–H and O–H groups in total. The average molecular weight is 257 g/mol. The molecule has 0 saturated heterocycles. The topological polar surface area (TPSA) is 30.7 Å². The first-order valence-electron chi connectivity index (χ1n) is 6.95. The number of pyridine rings is 1. The molecule has 0 fully saturated rings. The zero-order chi connectivity index (χ0) is 14.0. The molecule has 0 radical (unpaired) electrons. The SMILES string of the molecule is Cc1nn(Cc2cncc(C(C)C)c2)cc1C(C)C. The van der Waals surface area contributed by atoms with Gasteiger partial charge in [-0.1, -0.05) is 33.8 Å². The highest BCUT2D eigenvalue weighted by Crippen LogP contribution is 2.19. The van der Waals surface area contributed by atoms with Crippen LogP contribution in [0.3, 0.4) is 0 Å². The lowest BCUT2D eigenvalue weighted by molar-refractivity contribution is 0.674. The van der Waals surface area contributed by atoms with Gasteiger partial charge in [-0.05, 0) is 35.4 Å². The molecule has 0 atom stereocenters. The van der Waals surface area contributed by atoms with Crippen molar-refractivity contribution in [2.24, 2.45) is 0 Å². The van der Waals surface area contributed by atoms with Gasteiger partial charge in [0.1, 0.15) is 0 Å². The van der Waals surface area contributed by atoms with Gasteiger partial charge in [-0.2, -0.15) is 5.10 Å². The monoisotopic (exact) mass is 257 g/mol. The van der Waals surface area contributed by atoms with Crippen molar-refractivity contribution in [3.05, 3.63) is 47.0 Å². The summed E-state index contributed by atoms with van der Waals surface area (Å²) in [7, 11) is 0. The molecule has 2 heterocycles. The highest BCUT2D eigenvalue weighted by Gasteiger charge is 2.09. The van der Waals surface area contributed by atoms with Gasteiger partial charge in [0.25, 0.3) is 0 Å². The minimum Gasteiger partial charge on any atom is -0.268 e. The summed E-state index contributed by atoms with van der Waals surface area (Å²) < 4.78 is 2.02.